The van der Waals surface area contributed by atoms with Gasteiger partial charge in [-0.1, -0.05) is 44.2 Å². The largest absolute Gasteiger partial charge is 0.328 e. The van der Waals surface area contributed by atoms with Gasteiger partial charge in [0.25, 0.3) is 0 Å². The lowest BCUT2D eigenvalue weighted by molar-refractivity contribution is 0.410. The van der Waals surface area contributed by atoms with Gasteiger partial charge < -0.3 is 10.3 Å². The standard InChI is InChI=1S/C15H21N3/c1-12(2)8-14(9-16)18-11-17-10-15(18)13-6-4-3-5-7-13/h3-7,10-12,14H,8-9,16H2,1-2H3. The summed E-state index contributed by atoms with van der Waals surface area (Å²) in [6, 6.07) is 10.7. The SMILES string of the molecule is CC(C)CC(CN)n1cncc1-c1ccccc1. The molecule has 0 spiro atoms. The maximum atomic E-state index is 5.91. The number of benzene rings is 1. The zero-order valence-electron chi connectivity index (χ0n) is 11.1. The molecule has 0 bridgehead atoms. The third-order valence-electron chi connectivity index (χ3n) is 3.14. The average molecular weight is 243 g/mol. The second-order valence-electron chi connectivity index (χ2n) is 5.07. The monoisotopic (exact) mass is 243 g/mol. The molecule has 0 aliphatic heterocycles. The van der Waals surface area contributed by atoms with Gasteiger partial charge in [0.2, 0.25) is 0 Å². The van der Waals surface area contributed by atoms with Crippen molar-refractivity contribution in [3.8, 4) is 11.3 Å². The van der Waals surface area contributed by atoms with E-state index in [1.54, 1.807) is 0 Å². The van der Waals surface area contributed by atoms with Crippen molar-refractivity contribution in [1.29, 1.82) is 0 Å². The Balaban J connectivity index is 2.32. The van der Waals surface area contributed by atoms with Crippen LogP contribution in [0.4, 0.5) is 0 Å². The van der Waals surface area contributed by atoms with Crippen LogP contribution >= 0.6 is 0 Å². The second kappa shape index (κ2) is 5.83. The normalized spacial score (nSPS) is 12.9. The third kappa shape index (κ3) is 2.79. The molecular formula is C15H21N3. The van der Waals surface area contributed by atoms with Gasteiger partial charge in [0, 0.05) is 12.6 Å². The molecule has 1 aromatic carbocycles. The number of nitrogens with zero attached hydrogens (tertiary/aromatic N) is 2. The first-order valence-electron chi connectivity index (χ1n) is 6.49. The Morgan fingerprint density at radius 2 is 1.94 bits per heavy atom. The molecular weight excluding hydrogens is 222 g/mol. The highest BCUT2D eigenvalue weighted by Gasteiger charge is 2.15. The number of imidazole rings is 1. The molecule has 96 valence electrons. The minimum atomic E-state index is 0.322. The highest BCUT2D eigenvalue weighted by Crippen LogP contribution is 2.25. The van der Waals surface area contributed by atoms with Crippen LogP contribution in [0.5, 0.6) is 0 Å². The zero-order valence-corrected chi connectivity index (χ0v) is 11.1. The lowest BCUT2D eigenvalue weighted by atomic mass is 10.0. The van der Waals surface area contributed by atoms with E-state index in [4.69, 9.17) is 5.73 Å². The van der Waals surface area contributed by atoms with E-state index >= 15 is 0 Å². The van der Waals surface area contributed by atoms with Crippen molar-refractivity contribution >= 4 is 0 Å². The van der Waals surface area contributed by atoms with Crippen LogP contribution in [0, 0.1) is 5.92 Å². The summed E-state index contributed by atoms with van der Waals surface area (Å²) in [5, 5.41) is 0. The Bertz CT molecular complexity index is 473. The topological polar surface area (TPSA) is 43.8 Å². The van der Waals surface area contributed by atoms with Crippen molar-refractivity contribution in [2.75, 3.05) is 6.54 Å². The Morgan fingerprint density at radius 1 is 1.22 bits per heavy atom. The van der Waals surface area contributed by atoms with E-state index in [0.29, 0.717) is 18.5 Å². The van der Waals surface area contributed by atoms with Gasteiger partial charge in [-0.2, -0.15) is 0 Å². The lowest BCUT2D eigenvalue weighted by Crippen LogP contribution is -2.21. The van der Waals surface area contributed by atoms with Gasteiger partial charge in [-0.05, 0) is 17.9 Å². The molecule has 2 rings (SSSR count). The van der Waals surface area contributed by atoms with Crippen molar-refractivity contribution in [3.63, 3.8) is 0 Å². The lowest BCUT2D eigenvalue weighted by Gasteiger charge is -2.21. The predicted octanol–water partition coefficient (Wildman–Crippen LogP) is 3.10. The first-order valence-corrected chi connectivity index (χ1v) is 6.49. The molecule has 0 radical (unpaired) electrons. The molecule has 0 amide bonds. The second-order valence-corrected chi connectivity index (χ2v) is 5.07. The molecule has 0 saturated carbocycles. The average Bonchev–Trinajstić information content (AvgIpc) is 2.86. The van der Waals surface area contributed by atoms with E-state index in [1.165, 1.54) is 5.56 Å². The first kappa shape index (κ1) is 12.8. The minimum absolute atomic E-state index is 0.322. The molecule has 1 atom stereocenters. The molecule has 18 heavy (non-hydrogen) atoms. The van der Waals surface area contributed by atoms with E-state index in [9.17, 15) is 0 Å². The molecule has 2 N–H and O–H groups in total. The molecule has 0 aliphatic carbocycles. The van der Waals surface area contributed by atoms with Gasteiger partial charge in [0.05, 0.1) is 18.2 Å². The Kier molecular flexibility index (Phi) is 4.15. The molecule has 2 aromatic rings. The van der Waals surface area contributed by atoms with E-state index in [-0.39, 0.29) is 0 Å². The Hall–Kier alpha value is -1.61. The summed E-state index contributed by atoms with van der Waals surface area (Å²) >= 11 is 0. The van der Waals surface area contributed by atoms with Crippen LogP contribution in [-0.2, 0) is 0 Å². The van der Waals surface area contributed by atoms with Crippen molar-refractivity contribution in [2.45, 2.75) is 26.3 Å². The fourth-order valence-electron chi connectivity index (χ4n) is 2.30. The number of aromatic nitrogens is 2. The van der Waals surface area contributed by atoms with E-state index < -0.39 is 0 Å². The minimum Gasteiger partial charge on any atom is -0.328 e. The molecule has 1 heterocycles. The number of hydrogen-bond acceptors (Lipinski definition) is 2. The van der Waals surface area contributed by atoms with Crippen molar-refractivity contribution in [2.24, 2.45) is 11.7 Å². The summed E-state index contributed by atoms with van der Waals surface area (Å²) in [6.07, 6.45) is 4.88. The number of rotatable bonds is 5. The molecule has 3 heteroatoms. The van der Waals surface area contributed by atoms with Gasteiger partial charge in [0.15, 0.2) is 0 Å². The number of nitrogens with two attached hydrogens (primary N) is 1. The van der Waals surface area contributed by atoms with Crippen LogP contribution in [0.1, 0.15) is 26.3 Å². The molecule has 1 aromatic heterocycles. The maximum absolute atomic E-state index is 5.91. The molecule has 0 fully saturated rings. The molecule has 1 unspecified atom stereocenters. The van der Waals surface area contributed by atoms with Crippen molar-refractivity contribution < 1.29 is 0 Å². The number of hydrogen-bond donors (Lipinski definition) is 1. The summed E-state index contributed by atoms with van der Waals surface area (Å²) in [5.41, 5.74) is 8.25. The molecule has 3 nitrogen and oxygen atoms in total. The fraction of sp³-hybridized carbons (Fsp3) is 0.400. The summed E-state index contributed by atoms with van der Waals surface area (Å²) in [5.74, 6) is 0.629. The van der Waals surface area contributed by atoms with Crippen LogP contribution in [0.25, 0.3) is 11.3 Å². The highest BCUT2D eigenvalue weighted by atomic mass is 15.1. The van der Waals surface area contributed by atoms with Crippen LogP contribution < -0.4 is 5.73 Å². The van der Waals surface area contributed by atoms with Crippen LogP contribution in [0.2, 0.25) is 0 Å². The van der Waals surface area contributed by atoms with Gasteiger partial charge in [-0.15, -0.1) is 0 Å². The smallest absolute Gasteiger partial charge is 0.0954 e. The third-order valence-corrected chi connectivity index (χ3v) is 3.14. The summed E-state index contributed by atoms with van der Waals surface area (Å²) in [6.45, 7) is 5.10. The first-order chi connectivity index (χ1) is 8.72. The van der Waals surface area contributed by atoms with E-state index in [0.717, 1.165) is 12.1 Å². The summed E-state index contributed by atoms with van der Waals surface area (Å²) in [7, 11) is 0. The Morgan fingerprint density at radius 3 is 2.56 bits per heavy atom. The van der Waals surface area contributed by atoms with Crippen molar-refractivity contribution in [1.82, 2.24) is 9.55 Å². The summed E-state index contributed by atoms with van der Waals surface area (Å²) in [4.78, 5) is 4.28. The van der Waals surface area contributed by atoms with E-state index in [2.05, 4.69) is 35.5 Å². The maximum Gasteiger partial charge on any atom is 0.0954 e. The van der Waals surface area contributed by atoms with Gasteiger partial charge in [-0.25, -0.2) is 4.98 Å². The highest BCUT2D eigenvalue weighted by molar-refractivity contribution is 5.58. The molecule has 0 saturated heterocycles. The predicted molar refractivity (Wildman–Crippen MR) is 75.2 cm³/mol. The van der Waals surface area contributed by atoms with Gasteiger partial charge in [0.1, 0.15) is 0 Å². The fourth-order valence-corrected chi connectivity index (χ4v) is 2.30. The summed E-state index contributed by atoms with van der Waals surface area (Å²) < 4.78 is 2.20. The van der Waals surface area contributed by atoms with Gasteiger partial charge in [-0.3, -0.25) is 0 Å². The van der Waals surface area contributed by atoms with Crippen LogP contribution in [-0.4, -0.2) is 16.1 Å². The molecule has 0 aliphatic rings. The quantitative estimate of drug-likeness (QED) is 0.877. The van der Waals surface area contributed by atoms with E-state index in [1.807, 2.05) is 30.7 Å². The zero-order chi connectivity index (χ0) is 13.0. The van der Waals surface area contributed by atoms with Crippen LogP contribution in [0.15, 0.2) is 42.9 Å². The van der Waals surface area contributed by atoms with Gasteiger partial charge >= 0.3 is 0 Å². The van der Waals surface area contributed by atoms with Crippen LogP contribution in [0.3, 0.4) is 0 Å². The van der Waals surface area contributed by atoms with Crippen molar-refractivity contribution in [3.05, 3.63) is 42.9 Å². The Labute approximate surface area is 109 Å².